The molecule has 3 aromatic carbocycles. The molecule has 3 atom stereocenters. The molecule has 0 N–H and O–H groups in total. The fraction of sp³-hybridized carbons (Fsp3) is 0.467. The minimum Gasteiger partial charge on any atom is -0.493 e. The zero-order valence-electron chi connectivity index (χ0n) is 32.9. The van der Waals surface area contributed by atoms with Gasteiger partial charge in [-0.1, -0.05) is 62.8 Å². The highest BCUT2D eigenvalue weighted by atomic mass is 16.5. The SMILES string of the molecule is C=CCOc1cccc(C(CCc2ccc(OC)c(OC)c2)OC(=O)C2CCCCN2C(=O)C(c2cc(OC)c(OC)c(OCC=C)c2)C2CCCCC2)c1. The van der Waals surface area contributed by atoms with Crippen molar-refractivity contribution in [3.63, 3.8) is 0 Å². The van der Waals surface area contributed by atoms with E-state index in [0.29, 0.717) is 66.9 Å². The van der Waals surface area contributed by atoms with Crippen molar-refractivity contribution < 1.29 is 42.7 Å². The molecule has 3 aromatic rings. The molecule has 1 heterocycles. The molecule has 0 aromatic heterocycles. The van der Waals surface area contributed by atoms with E-state index in [1.165, 1.54) is 0 Å². The summed E-state index contributed by atoms with van der Waals surface area (Å²) in [5.74, 6) is 2.47. The monoisotopic (exact) mass is 755 g/mol. The van der Waals surface area contributed by atoms with Crippen LogP contribution in [0.5, 0.6) is 34.5 Å². The van der Waals surface area contributed by atoms with E-state index in [-0.39, 0.29) is 18.4 Å². The summed E-state index contributed by atoms with van der Waals surface area (Å²) in [6, 6.07) is 16.5. The predicted molar refractivity (Wildman–Crippen MR) is 213 cm³/mol. The minimum absolute atomic E-state index is 0.0721. The molecular formula is C45H57NO9. The van der Waals surface area contributed by atoms with Crippen molar-refractivity contribution in [1.29, 1.82) is 0 Å². The summed E-state index contributed by atoms with van der Waals surface area (Å²) in [5.41, 5.74) is 2.60. The first-order chi connectivity index (χ1) is 26.8. The van der Waals surface area contributed by atoms with Crippen LogP contribution < -0.4 is 28.4 Å². The number of carbonyl (C=O) groups excluding carboxylic acids is 2. The minimum atomic E-state index is -0.729. The fourth-order valence-corrected chi connectivity index (χ4v) is 7.89. The lowest BCUT2D eigenvalue weighted by atomic mass is 9.75. The van der Waals surface area contributed by atoms with Crippen LogP contribution in [0.15, 0.2) is 79.9 Å². The van der Waals surface area contributed by atoms with E-state index in [1.54, 1.807) is 45.5 Å². The van der Waals surface area contributed by atoms with E-state index < -0.39 is 24.0 Å². The van der Waals surface area contributed by atoms with Crippen molar-refractivity contribution in [2.24, 2.45) is 5.92 Å². The van der Waals surface area contributed by atoms with Crippen LogP contribution >= 0.6 is 0 Å². The lowest BCUT2D eigenvalue weighted by molar-refractivity contribution is -0.163. The molecule has 1 saturated heterocycles. The second kappa shape index (κ2) is 20.5. The summed E-state index contributed by atoms with van der Waals surface area (Å²) in [5, 5.41) is 0. The van der Waals surface area contributed by atoms with Gasteiger partial charge in [0.15, 0.2) is 23.0 Å². The molecule has 1 aliphatic carbocycles. The molecule has 1 aliphatic heterocycles. The van der Waals surface area contributed by atoms with Crippen LogP contribution in [0.1, 0.15) is 86.5 Å². The van der Waals surface area contributed by atoms with E-state index >= 15 is 4.79 Å². The molecule has 2 fully saturated rings. The molecular weight excluding hydrogens is 698 g/mol. The van der Waals surface area contributed by atoms with E-state index in [4.69, 9.17) is 33.2 Å². The van der Waals surface area contributed by atoms with Crippen molar-refractivity contribution in [3.05, 3.63) is 96.6 Å². The summed E-state index contributed by atoms with van der Waals surface area (Å²) in [6.07, 6.45) is 11.0. The first kappa shape index (κ1) is 41.1. The first-order valence-electron chi connectivity index (χ1n) is 19.4. The third-order valence-corrected chi connectivity index (χ3v) is 10.6. The van der Waals surface area contributed by atoms with Gasteiger partial charge in [-0.05, 0) is 104 Å². The number of benzene rings is 3. The maximum atomic E-state index is 15.1. The van der Waals surface area contributed by atoms with E-state index in [1.807, 2.05) is 54.6 Å². The van der Waals surface area contributed by atoms with Crippen LogP contribution in [0, 0.1) is 5.92 Å². The average Bonchev–Trinajstić information content (AvgIpc) is 3.23. The summed E-state index contributed by atoms with van der Waals surface area (Å²) in [7, 11) is 6.36. The van der Waals surface area contributed by atoms with Gasteiger partial charge in [0, 0.05) is 6.54 Å². The standard InChI is InChI=1S/C45H57NO9/c1-7-25-53-35-18-14-17-33(28-35)37(22-20-31-21-23-38(49-3)39(27-31)50-4)55-45(48)36-19-12-13-24-46(36)44(47)42(32-15-10-9-11-16-32)34-29-40(51-5)43(52-6)41(30-34)54-26-8-2/h7-8,14,17-18,21,23,27-30,32,36-37,42H,1-2,9-13,15-16,19-20,22,24-26H2,3-6H3. The molecule has 55 heavy (non-hydrogen) atoms. The molecule has 1 saturated carbocycles. The molecule has 10 heteroatoms. The third-order valence-electron chi connectivity index (χ3n) is 10.6. The van der Waals surface area contributed by atoms with Crippen molar-refractivity contribution in [1.82, 2.24) is 4.90 Å². The molecule has 1 amide bonds. The Bertz CT molecular complexity index is 1750. The molecule has 0 bridgehead atoms. The molecule has 0 radical (unpaired) electrons. The van der Waals surface area contributed by atoms with Gasteiger partial charge in [-0.2, -0.15) is 0 Å². The number of carbonyl (C=O) groups is 2. The van der Waals surface area contributed by atoms with Gasteiger partial charge in [-0.3, -0.25) is 4.79 Å². The largest absolute Gasteiger partial charge is 0.493 e. The molecule has 0 spiro atoms. The predicted octanol–water partition coefficient (Wildman–Crippen LogP) is 8.81. The topological polar surface area (TPSA) is 102 Å². The Labute approximate surface area is 326 Å². The summed E-state index contributed by atoms with van der Waals surface area (Å²) >= 11 is 0. The lowest BCUT2D eigenvalue weighted by Gasteiger charge is -2.40. The lowest BCUT2D eigenvalue weighted by Crippen LogP contribution is -2.51. The van der Waals surface area contributed by atoms with Gasteiger partial charge in [0.1, 0.15) is 31.1 Å². The molecule has 296 valence electrons. The summed E-state index contributed by atoms with van der Waals surface area (Å²) in [4.78, 5) is 31.3. The van der Waals surface area contributed by atoms with E-state index in [9.17, 15) is 4.79 Å². The Kier molecular flexibility index (Phi) is 15.3. The number of piperidine rings is 1. The normalized spacial score (nSPS) is 16.9. The fourth-order valence-electron chi connectivity index (χ4n) is 7.89. The van der Waals surface area contributed by atoms with Gasteiger partial charge in [0.25, 0.3) is 0 Å². The van der Waals surface area contributed by atoms with Crippen LogP contribution in [0.4, 0.5) is 0 Å². The zero-order chi connectivity index (χ0) is 39.2. The Hall–Kier alpha value is -5.12. The molecule has 2 aliphatic rings. The number of methoxy groups -OCH3 is 4. The van der Waals surface area contributed by atoms with Gasteiger partial charge in [0.05, 0.1) is 34.4 Å². The van der Waals surface area contributed by atoms with Crippen LogP contribution in [0.25, 0.3) is 0 Å². The highest BCUT2D eigenvalue weighted by Gasteiger charge is 2.41. The Morgan fingerprint density at radius 3 is 2.16 bits per heavy atom. The van der Waals surface area contributed by atoms with E-state index in [0.717, 1.165) is 61.6 Å². The number of aryl methyl sites for hydroxylation is 1. The van der Waals surface area contributed by atoms with Crippen molar-refractivity contribution in [2.75, 3.05) is 48.2 Å². The first-order valence-corrected chi connectivity index (χ1v) is 19.4. The van der Waals surface area contributed by atoms with Gasteiger partial charge in [-0.15, -0.1) is 0 Å². The van der Waals surface area contributed by atoms with Gasteiger partial charge in [-0.25, -0.2) is 4.79 Å². The van der Waals surface area contributed by atoms with Gasteiger partial charge in [0.2, 0.25) is 11.7 Å². The highest BCUT2D eigenvalue weighted by molar-refractivity contribution is 5.89. The third kappa shape index (κ3) is 10.3. The molecule has 10 nitrogen and oxygen atoms in total. The number of amides is 1. The zero-order valence-corrected chi connectivity index (χ0v) is 32.9. The second-order valence-corrected chi connectivity index (χ2v) is 14.1. The van der Waals surface area contributed by atoms with Crippen molar-refractivity contribution in [2.45, 2.75) is 82.3 Å². The number of rotatable bonds is 19. The smallest absolute Gasteiger partial charge is 0.329 e. The quantitative estimate of drug-likeness (QED) is 0.0878. The van der Waals surface area contributed by atoms with Crippen LogP contribution in [0.3, 0.4) is 0 Å². The number of esters is 1. The number of likely N-dealkylation sites (tertiary alicyclic amines) is 1. The van der Waals surface area contributed by atoms with Crippen LogP contribution in [0.2, 0.25) is 0 Å². The number of hydrogen-bond acceptors (Lipinski definition) is 9. The number of ether oxygens (including phenoxy) is 7. The number of nitrogens with zero attached hydrogens (tertiary/aromatic N) is 1. The van der Waals surface area contributed by atoms with Crippen molar-refractivity contribution in [3.8, 4) is 34.5 Å². The molecule has 3 unspecified atom stereocenters. The van der Waals surface area contributed by atoms with Crippen LogP contribution in [-0.2, 0) is 20.7 Å². The maximum Gasteiger partial charge on any atom is 0.329 e. The Balaban J connectivity index is 1.46. The molecule has 5 rings (SSSR count). The van der Waals surface area contributed by atoms with Crippen LogP contribution in [-0.4, -0.2) is 71.0 Å². The summed E-state index contributed by atoms with van der Waals surface area (Å²) in [6.45, 7) is 8.64. The Morgan fingerprint density at radius 2 is 1.45 bits per heavy atom. The van der Waals surface area contributed by atoms with Gasteiger partial charge >= 0.3 is 5.97 Å². The van der Waals surface area contributed by atoms with Crippen molar-refractivity contribution >= 4 is 11.9 Å². The highest BCUT2D eigenvalue weighted by Crippen LogP contribution is 2.45. The summed E-state index contributed by atoms with van der Waals surface area (Å²) < 4.78 is 40.8. The number of hydrogen-bond donors (Lipinski definition) is 0. The van der Waals surface area contributed by atoms with Gasteiger partial charge < -0.3 is 38.1 Å². The Morgan fingerprint density at radius 1 is 0.745 bits per heavy atom. The second-order valence-electron chi connectivity index (χ2n) is 14.1. The average molecular weight is 756 g/mol. The maximum absolute atomic E-state index is 15.1. The van der Waals surface area contributed by atoms with E-state index in [2.05, 4.69) is 13.2 Å².